The van der Waals surface area contributed by atoms with Crippen LogP contribution in [0.15, 0.2) is 29.4 Å². The van der Waals surface area contributed by atoms with Crippen LogP contribution in [0.1, 0.15) is 5.56 Å². The van der Waals surface area contributed by atoms with Crippen molar-refractivity contribution in [1.29, 1.82) is 0 Å². The molecule has 0 fully saturated rings. The van der Waals surface area contributed by atoms with Crippen LogP contribution in [0.3, 0.4) is 0 Å². The summed E-state index contributed by atoms with van der Waals surface area (Å²) in [5.74, 6) is 4.93. The van der Waals surface area contributed by atoms with Gasteiger partial charge in [-0.3, -0.25) is 0 Å². The van der Waals surface area contributed by atoms with Crippen LogP contribution in [-0.4, -0.2) is 32.3 Å². The molecular formula is C10H13BN4O2. The summed E-state index contributed by atoms with van der Waals surface area (Å²) in [5, 5.41) is 4.24. The van der Waals surface area contributed by atoms with Crippen molar-refractivity contribution < 1.29 is 9.53 Å². The van der Waals surface area contributed by atoms with E-state index in [1.54, 1.807) is 31.3 Å². The first-order chi connectivity index (χ1) is 8.17. The fourth-order valence-corrected chi connectivity index (χ4v) is 1.09. The number of hydrogen-bond acceptors (Lipinski definition) is 5. The maximum Gasteiger partial charge on any atom is 0.430 e. The van der Waals surface area contributed by atoms with Crippen molar-refractivity contribution in [2.75, 3.05) is 7.05 Å². The largest absolute Gasteiger partial charge is 0.443 e. The van der Waals surface area contributed by atoms with Crippen molar-refractivity contribution in [3.63, 3.8) is 0 Å². The molecule has 3 N–H and O–H groups in total. The molecule has 0 aliphatic heterocycles. The number of hydrazone groups is 1. The lowest BCUT2D eigenvalue weighted by molar-refractivity contribution is 0.108. The standard InChI is InChI=1S/C10H13BN4O2/c1-13-15(7-14-12)10(16)17-6-8-2-4-9(11)5-3-8/h2-5,7,13H,6,12H2,1H3/b14-7-. The van der Waals surface area contributed by atoms with Gasteiger partial charge in [-0.15, -0.1) is 0 Å². The van der Waals surface area contributed by atoms with E-state index in [1.165, 1.54) is 0 Å². The number of ether oxygens (including phenoxy) is 1. The lowest BCUT2D eigenvalue weighted by Gasteiger charge is -2.15. The average molecular weight is 232 g/mol. The normalized spacial score (nSPS) is 10.4. The Morgan fingerprint density at radius 3 is 2.76 bits per heavy atom. The van der Waals surface area contributed by atoms with Gasteiger partial charge in [0.25, 0.3) is 0 Å². The molecular weight excluding hydrogens is 219 g/mol. The Bertz CT molecular complexity index is 394. The fourth-order valence-electron chi connectivity index (χ4n) is 1.09. The summed E-state index contributed by atoms with van der Waals surface area (Å²) in [6.07, 6.45) is 0.518. The Kier molecular flexibility index (Phi) is 5.02. The van der Waals surface area contributed by atoms with Gasteiger partial charge >= 0.3 is 6.09 Å². The van der Waals surface area contributed by atoms with E-state index in [1.807, 2.05) is 0 Å². The van der Waals surface area contributed by atoms with Gasteiger partial charge in [0, 0.05) is 7.05 Å². The maximum absolute atomic E-state index is 11.5. The van der Waals surface area contributed by atoms with E-state index >= 15 is 0 Å². The minimum atomic E-state index is -0.599. The summed E-state index contributed by atoms with van der Waals surface area (Å²) in [6.45, 7) is 0.149. The van der Waals surface area contributed by atoms with Crippen LogP contribution in [0.2, 0.25) is 0 Å². The van der Waals surface area contributed by atoms with Gasteiger partial charge in [0.15, 0.2) is 0 Å². The number of rotatable bonds is 4. The van der Waals surface area contributed by atoms with Crippen molar-refractivity contribution in [3.05, 3.63) is 29.8 Å². The summed E-state index contributed by atoms with van der Waals surface area (Å²) >= 11 is 0. The quantitative estimate of drug-likeness (QED) is 0.240. The van der Waals surface area contributed by atoms with Crippen LogP contribution >= 0.6 is 0 Å². The van der Waals surface area contributed by atoms with E-state index in [2.05, 4.69) is 10.5 Å². The zero-order chi connectivity index (χ0) is 12.7. The van der Waals surface area contributed by atoms with Gasteiger partial charge in [0.05, 0.1) is 0 Å². The Morgan fingerprint density at radius 1 is 1.59 bits per heavy atom. The van der Waals surface area contributed by atoms with Crippen LogP contribution in [0.25, 0.3) is 0 Å². The first kappa shape index (κ1) is 13.1. The number of amides is 1. The van der Waals surface area contributed by atoms with E-state index in [9.17, 15) is 4.79 Å². The Balaban J connectivity index is 2.50. The SMILES string of the molecule is [B]c1ccc(COC(=O)N(/C=N\N)NC)cc1. The number of carbonyl (C=O) groups excluding carboxylic acids is 1. The minimum absolute atomic E-state index is 0.149. The van der Waals surface area contributed by atoms with Gasteiger partial charge in [-0.05, 0) is 5.56 Å². The molecule has 17 heavy (non-hydrogen) atoms. The Morgan fingerprint density at radius 2 is 2.24 bits per heavy atom. The molecule has 0 bridgehead atoms. The highest BCUT2D eigenvalue weighted by Crippen LogP contribution is 2.00. The third-order valence-electron chi connectivity index (χ3n) is 1.96. The molecule has 7 heteroatoms. The van der Waals surface area contributed by atoms with E-state index in [0.29, 0.717) is 5.46 Å². The molecule has 0 aromatic heterocycles. The van der Waals surface area contributed by atoms with Crippen LogP contribution in [0.5, 0.6) is 0 Å². The molecule has 0 atom stereocenters. The number of nitrogens with two attached hydrogens (primary N) is 1. The molecule has 0 aliphatic carbocycles. The summed E-state index contributed by atoms with van der Waals surface area (Å²) in [6, 6.07) is 7.04. The summed E-state index contributed by atoms with van der Waals surface area (Å²) in [4.78, 5) is 11.5. The van der Waals surface area contributed by atoms with Gasteiger partial charge in [0.1, 0.15) is 20.8 Å². The fraction of sp³-hybridized carbons (Fsp3) is 0.200. The first-order valence-electron chi connectivity index (χ1n) is 4.88. The summed E-state index contributed by atoms with van der Waals surface area (Å²) in [5.41, 5.74) is 4.06. The molecule has 1 rings (SSSR count). The molecule has 0 spiro atoms. The molecule has 0 saturated heterocycles. The lowest BCUT2D eigenvalue weighted by atomic mass is 9.95. The highest BCUT2D eigenvalue weighted by atomic mass is 16.6. The summed E-state index contributed by atoms with van der Waals surface area (Å²) in [7, 11) is 7.08. The molecule has 2 radical (unpaired) electrons. The topological polar surface area (TPSA) is 80.0 Å². The van der Waals surface area contributed by atoms with Crippen LogP contribution in [0, 0.1) is 0 Å². The first-order valence-corrected chi connectivity index (χ1v) is 4.88. The molecule has 1 amide bonds. The third kappa shape index (κ3) is 4.16. The highest BCUT2D eigenvalue weighted by Gasteiger charge is 2.10. The number of benzene rings is 1. The number of carbonyl (C=O) groups is 1. The lowest BCUT2D eigenvalue weighted by Crippen LogP contribution is -2.40. The number of hydrazine groups is 1. The molecule has 0 unspecified atom stereocenters. The molecule has 6 nitrogen and oxygen atoms in total. The predicted molar refractivity (Wildman–Crippen MR) is 65.6 cm³/mol. The molecule has 88 valence electrons. The van der Waals surface area contributed by atoms with Crippen molar-refractivity contribution >= 4 is 25.7 Å². The highest BCUT2D eigenvalue weighted by molar-refractivity contribution is 6.32. The van der Waals surface area contributed by atoms with Gasteiger partial charge in [-0.2, -0.15) is 10.1 Å². The van der Waals surface area contributed by atoms with Crippen molar-refractivity contribution in [3.8, 4) is 0 Å². The van der Waals surface area contributed by atoms with E-state index in [-0.39, 0.29) is 6.61 Å². The van der Waals surface area contributed by atoms with E-state index in [4.69, 9.17) is 18.4 Å². The van der Waals surface area contributed by atoms with E-state index in [0.717, 1.165) is 16.9 Å². The number of hydrogen-bond donors (Lipinski definition) is 2. The minimum Gasteiger partial charge on any atom is -0.443 e. The van der Waals surface area contributed by atoms with Crippen molar-refractivity contribution in [2.24, 2.45) is 10.9 Å². The molecule has 0 aliphatic rings. The van der Waals surface area contributed by atoms with Crippen molar-refractivity contribution in [1.82, 2.24) is 10.4 Å². The maximum atomic E-state index is 11.5. The van der Waals surface area contributed by atoms with E-state index < -0.39 is 6.09 Å². The zero-order valence-corrected chi connectivity index (χ0v) is 9.46. The third-order valence-corrected chi connectivity index (χ3v) is 1.96. The second-order valence-electron chi connectivity index (χ2n) is 3.15. The van der Waals surface area contributed by atoms with Crippen molar-refractivity contribution in [2.45, 2.75) is 6.61 Å². The zero-order valence-electron chi connectivity index (χ0n) is 9.46. The second-order valence-corrected chi connectivity index (χ2v) is 3.15. The van der Waals surface area contributed by atoms with Crippen LogP contribution in [-0.2, 0) is 11.3 Å². The molecule has 1 aromatic carbocycles. The Labute approximate surface area is 101 Å². The van der Waals surface area contributed by atoms with Gasteiger partial charge in [0.2, 0.25) is 0 Å². The molecule has 1 aromatic rings. The number of nitrogens with zero attached hydrogens (tertiary/aromatic N) is 2. The monoisotopic (exact) mass is 232 g/mol. The van der Waals surface area contributed by atoms with Crippen LogP contribution in [0.4, 0.5) is 4.79 Å². The van der Waals surface area contributed by atoms with Gasteiger partial charge in [-0.25, -0.2) is 10.2 Å². The average Bonchev–Trinajstić information content (AvgIpc) is 2.35. The van der Waals surface area contributed by atoms with Gasteiger partial charge < -0.3 is 10.6 Å². The molecule has 0 heterocycles. The second kappa shape index (κ2) is 6.54. The predicted octanol–water partition coefficient (Wildman–Crippen LogP) is -0.545. The smallest absolute Gasteiger partial charge is 0.430 e. The number of nitrogens with one attached hydrogen (secondary N) is 1. The summed E-state index contributed by atoms with van der Waals surface area (Å²) < 4.78 is 5.01. The Hall–Kier alpha value is -2.02. The molecule has 0 saturated carbocycles. The van der Waals surface area contributed by atoms with Crippen LogP contribution < -0.4 is 16.7 Å². The van der Waals surface area contributed by atoms with Gasteiger partial charge in [-0.1, -0.05) is 29.7 Å².